The van der Waals surface area contributed by atoms with Crippen molar-refractivity contribution in [2.75, 3.05) is 6.54 Å². The minimum Gasteiger partial charge on any atom is -0.408 e. The minimum absolute atomic E-state index is 0.189. The molecule has 27 heavy (non-hydrogen) atoms. The van der Waals surface area contributed by atoms with E-state index in [1.807, 2.05) is 0 Å². The Hall–Kier alpha value is -1.57. The number of hydrogen-bond donors (Lipinski definition) is 1. The van der Waals surface area contributed by atoms with Gasteiger partial charge in [-0.05, 0) is 6.42 Å². The smallest absolute Gasteiger partial charge is 0.408 e. The number of hydrogen-bond acceptors (Lipinski definition) is 2. The van der Waals surface area contributed by atoms with Gasteiger partial charge in [-0.3, -0.25) is 0 Å². The Kier molecular flexibility index (Phi) is 8.12. The Balaban J connectivity index is 5.58. The second-order valence-electron chi connectivity index (χ2n) is 5.13. The predicted molar refractivity (Wildman–Crippen MR) is 65.0 cm³/mol. The number of amides is 1. The van der Waals surface area contributed by atoms with E-state index in [9.17, 15) is 57.5 Å². The van der Waals surface area contributed by atoms with E-state index in [1.54, 1.807) is 12.2 Å². The van der Waals surface area contributed by atoms with Crippen molar-refractivity contribution in [3.05, 3.63) is 0 Å². The molecular formula is C12H13F12NO2. The van der Waals surface area contributed by atoms with Crippen LogP contribution in [-0.2, 0) is 4.74 Å². The SMILES string of the molecule is CCCCNC(=O)OC(F)C(F)(F)C(F)(F)C(F)(F)C(F)(F)C(F)C(F)F. The molecule has 0 aliphatic carbocycles. The van der Waals surface area contributed by atoms with Crippen LogP contribution in [0.2, 0.25) is 0 Å². The van der Waals surface area contributed by atoms with Gasteiger partial charge in [0, 0.05) is 6.54 Å². The Bertz CT molecular complexity index is 499. The molecule has 3 nitrogen and oxygen atoms in total. The van der Waals surface area contributed by atoms with Crippen molar-refractivity contribution in [1.82, 2.24) is 5.32 Å². The zero-order valence-corrected chi connectivity index (χ0v) is 13.2. The Labute approximate surface area is 144 Å². The summed E-state index contributed by atoms with van der Waals surface area (Å²) in [7, 11) is 0. The number of alkyl halides is 12. The largest absolute Gasteiger partial charge is 0.409 e. The van der Waals surface area contributed by atoms with Crippen LogP contribution in [0.5, 0.6) is 0 Å². The van der Waals surface area contributed by atoms with Crippen LogP contribution in [0.4, 0.5) is 57.5 Å². The highest BCUT2D eigenvalue weighted by atomic mass is 19.4. The molecule has 0 fully saturated rings. The third kappa shape index (κ3) is 4.83. The fourth-order valence-corrected chi connectivity index (χ4v) is 1.47. The third-order valence-corrected chi connectivity index (χ3v) is 3.09. The number of carbonyl (C=O) groups excluding carboxylic acids is 1. The molecule has 162 valence electrons. The quantitative estimate of drug-likeness (QED) is 0.393. The van der Waals surface area contributed by atoms with E-state index in [0.29, 0.717) is 6.42 Å². The summed E-state index contributed by atoms with van der Waals surface area (Å²) in [4.78, 5) is 10.9. The van der Waals surface area contributed by atoms with Crippen molar-refractivity contribution in [3.63, 3.8) is 0 Å². The standard InChI is InChI=1S/C12H13F12NO2/c1-2-3-4-25-8(26)27-7(16)10(19,20)12(23,24)11(21,22)9(17,18)5(13)6(14)15/h5-7H,2-4H2,1H3,(H,25,26). The van der Waals surface area contributed by atoms with Crippen LogP contribution in [0.1, 0.15) is 19.8 Å². The number of alkyl carbamates (subject to hydrolysis) is 1. The van der Waals surface area contributed by atoms with Gasteiger partial charge in [0.25, 0.3) is 6.43 Å². The van der Waals surface area contributed by atoms with Crippen molar-refractivity contribution in [2.24, 2.45) is 0 Å². The van der Waals surface area contributed by atoms with Crippen molar-refractivity contribution >= 4 is 6.09 Å². The number of halogens is 12. The molecule has 0 aromatic carbocycles. The van der Waals surface area contributed by atoms with E-state index in [4.69, 9.17) is 0 Å². The normalized spacial score (nSPS) is 16.2. The lowest BCUT2D eigenvalue weighted by molar-refractivity contribution is -0.399. The maximum Gasteiger partial charge on any atom is 0.409 e. The molecule has 1 amide bonds. The van der Waals surface area contributed by atoms with Gasteiger partial charge in [-0.1, -0.05) is 13.3 Å². The molecule has 0 aliphatic rings. The molecule has 0 aromatic heterocycles. The van der Waals surface area contributed by atoms with E-state index in [2.05, 4.69) is 4.74 Å². The number of nitrogens with one attached hydrogen (secondary N) is 1. The molecule has 0 saturated heterocycles. The molecule has 15 heteroatoms. The summed E-state index contributed by atoms with van der Waals surface area (Å²) >= 11 is 0. The van der Waals surface area contributed by atoms with E-state index in [0.717, 1.165) is 0 Å². The average molecular weight is 431 g/mol. The van der Waals surface area contributed by atoms with Crippen molar-refractivity contribution in [1.29, 1.82) is 0 Å². The monoisotopic (exact) mass is 431 g/mol. The van der Waals surface area contributed by atoms with Crippen LogP contribution in [0.25, 0.3) is 0 Å². The van der Waals surface area contributed by atoms with Gasteiger partial charge in [0.05, 0.1) is 0 Å². The van der Waals surface area contributed by atoms with Crippen LogP contribution in [0.3, 0.4) is 0 Å². The van der Waals surface area contributed by atoms with Crippen LogP contribution < -0.4 is 5.32 Å². The maximum atomic E-state index is 13.3. The third-order valence-electron chi connectivity index (χ3n) is 3.09. The van der Waals surface area contributed by atoms with Crippen molar-refractivity contribution in [3.8, 4) is 0 Å². The van der Waals surface area contributed by atoms with Crippen molar-refractivity contribution in [2.45, 2.75) is 62.4 Å². The Morgan fingerprint density at radius 1 is 0.889 bits per heavy atom. The molecule has 0 heterocycles. The molecule has 0 saturated carbocycles. The van der Waals surface area contributed by atoms with Crippen LogP contribution in [-0.4, -0.2) is 55.3 Å². The maximum absolute atomic E-state index is 13.3. The second kappa shape index (κ2) is 8.63. The molecule has 0 rings (SSSR count). The lowest BCUT2D eigenvalue weighted by Gasteiger charge is -2.38. The minimum atomic E-state index is -7.48. The van der Waals surface area contributed by atoms with E-state index >= 15 is 0 Å². The van der Waals surface area contributed by atoms with Crippen LogP contribution in [0.15, 0.2) is 0 Å². The number of unbranched alkanes of at least 4 members (excludes halogenated alkanes) is 1. The average Bonchev–Trinajstić information content (AvgIpc) is 2.53. The fourth-order valence-electron chi connectivity index (χ4n) is 1.47. The van der Waals surface area contributed by atoms with Gasteiger partial charge >= 0.3 is 36.1 Å². The second-order valence-corrected chi connectivity index (χ2v) is 5.13. The Morgan fingerprint density at radius 2 is 1.33 bits per heavy atom. The van der Waals surface area contributed by atoms with Gasteiger partial charge in [0.15, 0.2) is 0 Å². The molecule has 0 bridgehead atoms. The molecule has 2 atom stereocenters. The summed E-state index contributed by atoms with van der Waals surface area (Å²) in [6, 6.07) is 0. The summed E-state index contributed by atoms with van der Waals surface area (Å²) in [5.74, 6) is -28.8. The van der Waals surface area contributed by atoms with Gasteiger partial charge in [0.1, 0.15) is 0 Å². The first-order chi connectivity index (χ1) is 12.0. The molecular weight excluding hydrogens is 418 g/mol. The van der Waals surface area contributed by atoms with Gasteiger partial charge in [-0.2, -0.15) is 39.5 Å². The summed E-state index contributed by atoms with van der Waals surface area (Å²) in [5.41, 5.74) is 0. The van der Waals surface area contributed by atoms with Gasteiger partial charge in [-0.25, -0.2) is 18.0 Å². The Morgan fingerprint density at radius 3 is 1.74 bits per heavy atom. The molecule has 2 unspecified atom stereocenters. The number of ether oxygens (including phenoxy) is 1. The van der Waals surface area contributed by atoms with Gasteiger partial charge in [-0.15, -0.1) is 0 Å². The van der Waals surface area contributed by atoms with Gasteiger partial charge < -0.3 is 10.1 Å². The highest BCUT2D eigenvalue weighted by molar-refractivity contribution is 5.67. The van der Waals surface area contributed by atoms with E-state index in [-0.39, 0.29) is 13.0 Å². The van der Waals surface area contributed by atoms with Crippen LogP contribution >= 0.6 is 0 Å². The summed E-state index contributed by atoms with van der Waals surface area (Å²) in [5, 5.41) is 1.57. The predicted octanol–water partition coefficient (Wildman–Crippen LogP) is 4.95. The molecule has 0 aromatic rings. The first-order valence-electron chi connectivity index (χ1n) is 7.00. The van der Waals surface area contributed by atoms with Gasteiger partial charge in [0.2, 0.25) is 6.17 Å². The lowest BCUT2D eigenvalue weighted by Crippen LogP contribution is -2.68. The molecule has 1 N–H and O–H groups in total. The zero-order chi connectivity index (χ0) is 21.8. The zero-order valence-electron chi connectivity index (χ0n) is 13.2. The van der Waals surface area contributed by atoms with E-state index < -0.39 is 48.7 Å². The first-order valence-corrected chi connectivity index (χ1v) is 7.00. The van der Waals surface area contributed by atoms with E-state index in [1.165, 1.54) is 0 Å². The highest BCUT2D eigenvalue weighted by Crippen LogP contribution is 2.56. The number of rotatable bonds is 10. The topological polar surface area (TPSA) is 38.3 Å². The molecule has 0 aliphatic heterocycles. The first kappa shape index (κ1) is 25.4. The highest BCUT2D eigenvalue weighted by Gasteiger charge is 2.85. The lowest BCUT2D eigenvalue weighted by atomic mass is 9.95. The summed E-state index contributed by atoms with van der Waals surface area (Å²) in [6.07, 6.45) is -16.6. The summed E-state index contributed by atoms with van der Waals surface area (Å²) < 4.78 is 158. The fraction of sp³-hybridized carbons (Fsp3) is 0.917. The molecule has 0 spiro atoms. The summed E-state index contributed by atoms with van der Waals surface area (Å²) in [6.45, 7) is 1.26. The van der Waals surface area contributed by atoms with Crippen molar-refractivity contribution < 1.29 is 62.2 Å². The van der Waals surface area contributed by atoms with Crippen LogP contribution in [0, 0.1) is 0 Å². The molecule has 0 radical (unpaired) electrons. The number of carbonyl (C=O) groups is 1.